The lowest BCUT2D eigenvalue weighted by molar-refractivity contribution is -0.145. The largest absolute Gasteiger partial charge is 0.481 e. The van der Waals surface area contributed by atoms with Crippen molar-refractivity contribution in [3.8, 4) is 5.75 Å². The van der Waals surface area contributed by atoms with E-state index in [2.05, 4.69) is 15.9 Å². The van der Waals surface area contributed by atoms with Gasteiger partial charge in [0.1, 0.15) is 5.75 Å². The van der Waals surface area contributed by atoms with Gasteiger partial charge in [-0.2, -0.15) is 0 Å². The zero-order valence-electron chi connectivity index (χ0n) is 19.9. The van der Waals surface area contributed by atoms with Crippen LogP contribution in [0.1, 0.15) is 31.0 Å². The van der Waals surface area contributed by atoms with Gasteiger partial charge in [0, 0.05) is 0 Å². The van der Waals surface area contributed by atoms with Gasteiger partial charge in [0.2, 0.25) is 0 Å². The molecule has 184 valence electrons. The number of esters is 1. The molecule has 36 heavy (non-hydrogen) atoms. The molecule has 0 unspecified atom stereocenters. The van der Waals surface area contributed by atoms with Gasteiger partial charge in [0.25, 0.3) is 5.91 Å². The van der Waals surface area contributed by atoms with Crippen molar-refractivity contribution in [1.29, 1.82) is 0 Å². The molecule has 0 N–H and O–H groups in total. The van der Waals surface area contributed by atoms with Crippen LogP contribution in [0.15, 0.2) is 93.2 Å². The van der Waals surface area contributed by atoms with E-state index >= 15 is 0 Å². The number of ether oxygens (including phenoxy) is 2. The molecule has 4 rings (SSSR count). The van der Waals surface area contributed by atoms with Gasteiger partial charge in [-0.15, -0.1) is 0 Å². The molecule has 1 saturated heterocycles. The Morgan fingerprint density at radius 1 is 1.08 bits per heavy atom. The van der Waals surface area contributed by atoms with E-state index in [-0.39, 0.29) is 18.6 Å². The molecule has 0 saturated carbocycles. The predicted molar refractivity (Wildman–Crippen MR) is 147 cm³/mol. The number of carbonyl (C=O) groups is 2. The van der Waals surface area contributed by atoms with Crippen molar-refractivity contribution >= 4 is 56.5 Å². The summed E-state index contributed by atoms with van der Waals surface area (Å²) in [5.41, 5.74) is 2.62. The Morgan fingerprint density at radius 2 is 1.78 bits per heavy atom. The van der Waals surface area contributed by atoms with Gasteiger partial charge in [-0.05, 0) is 83.0 Å². The maximum absolute atomic E-state index is 13.6. The molecule has 3 aromatic rings. The molecule has 0 aliphatic carbocycles. The third-order valence-corrected chi connectivity index (χ3v) is 6.99. The molecule has 1 aliphatic rings. The number of halogens is 1. The third-order valence-electron chi connectivity index (χ3n) is 5.39. The van der Waals surface area contributed by atoms with E-state index in [1.807, 2.05) is 85.8 Å². The summed E-state index contributed by atoms with van der Waals surface area (Å²) in [6.07, 6.45) is 1.84. The number of benzene rings is 3. The molecule has 1 aliphatic heterocycles. The van der Waals surface area contributed by atoms with Gasteiger partial charge in [-0.3, -0.25) is 9.69 Å². The Bertz CT molecular complexity index is 1300. The van der Waals surface area contributed by atoms with Crippen molar-refractivity contribution in [2.75, 3.05) is 13.2 Å². The van der Waals surface area contributed by atoms with Crippen LogP contribution in [0.4, 0.5) is 5.69 Å². The summed E-state index contributed by atoms with van der Waals surface area (Å²) in [5.74, 6) is -0.0209. The second-order valence-electron chi connectivity index (χ2n) is 7.89. The van der Waals surface area contributed by atoms with Crippen LogP contribution in [-0.4, -0.2) is 35.2 Å². The molecule has 1 amide bonds. The molecule has 0 aromatic heterocycles. The van der Waals surface area contributed by atoms with Crippen LogP contribution in [0.3, 0.4) is 0 Å². The summed E-state index contributed by atoms with van der Waals surface area (Å²) in [4.78, 5) is 32.3. The maximum atomic E-state index is 13.6. The number of rotatable bonds is 8. The van der Waals surface area contributed by atoms with Gasteiger partial charge in [0.15, 0.2) is 11.8 Å². The smallest absolute Gasteiger partial charge is 0.344 e. The topological polar surface area (TPSA) is 68.2 Å². The second kappa shape index (κ2) is 12.1. The van der Waals surface area contributed by atoms with E-state index in [9.17, 15) is 9.59 Å². The average Bonchev–Trinajstić information content (AvgIpc) is 3.18. The molecule has 1 fully saturated rings. The fourth-order valence-corrected chi connectivity index (χ4v) is 5.19. The number of amidine groups is 1. The van der Waals surface area contributed by atoms with Crippen molar-refractivity contribution in [1.82, 2.24) is 4.90 Å². The molecular formula is C28H25BrN2O4S. The first-order valence-corrected chi connectivity index (χ1v) is 13.1. The van der Waals surface area contributed by atoms with E-state index < -0.39 is 5.97 Å². The molecule has 6 nitrogen and oxygen atoms in total. The lowest BCUT2D eigenvalue weighted by Gasteiger charge is -2.24. The van der Waals surface area contributed by atoms with E-state index in [0.717, 1.165) is 16.8 Å². The van der Waals surface area contributed by atoms with Gasteiger partial charge in [0.05, 0.1) is 27.7 Å². The van der Waals surface area contributed by atoms with Crippen molar-refractivity contribution in [2.45, 2.75) is 19.9 Å². The van der Waals surface area contributed by atoms with Crippen LogP contribution in [0.2, 0.25) is 0 Å². The van der Waals surface area contributed by atoms with Crippen LogP contribution in [0, 0.1) is 0 Å². The number of amides is 1. The first-order valence-electron chi connectivity index (χ1n) is 11.5. The minimum Gasteiger partial charge on any atom is -0.481 e. The Kier molecular flexibility index (Phi) is 8.61. The number of carbonyl (C=O) groups excluding carboxylic acids is 2. The lowest BCUT2D eigenvalue weighted by atomic mass is 10.1. The highest BCUT2D eigenvalue weighted by Gasteiger charge is 2.37. The van der Waals surface area contributed by atoms with Crippen LogP contribution < -0.4 is 4.74 Å². The van der Waals surface area contributed by atoms with Crippen LogP contribution in [-0.2, 0) is 14.3 Å². The number of hydrogen-bond donors (Lipinski definition) is 0. The van der Waals surface area contributed by atoms with Crippen molar-refractivity contribution in [3.05, 3.63) is 99.4 Å². The monoisotopic (exact) mass is 564 g/mol. The minimum absolute atomic E-state index is 0.107. The summed E-state index contributed by atoms with van der Waals surface area (Å²) >= 11 is 4.84. The lowest BCUT2D eigenvalue weighted by Crippen LogP contribution is -2.32. The van der Waals surface area contributed by atoms with Gasteiger partial charge < -0.3 is 9.47 Å². The highest BCUT2D eigenvalue weighted by atomic mass is 79.9. The number of nitrogens with zero attached hydrogens (tertiary/aromatic N) is 2. The first-order chi connectivity index (χ1) is 17.5. The van der Waals surface area contributed by atoms with Gasteiger partial charge >= 0.3 is 5.97 Å². The van der Waals surface area contributed by atoms with Crippen LogP contribution in [0.25, 0.3) is 6.08 Å². The number of para-hydroxylation sites is 1. The minimum atomic E-state index is -0.429. The van der Waals surface area contributed by atoms with Gasteiger partial charge in [-0.1, -0.05) is 54.6 Å². The Morgan fingerprint density at radius 3 is 2.44 bits per heavy atom. The standard InChI is InChI=1S/C28H25BrN2O4S/c1-3-34-26(32)18-35-24-15-14-20(16-23(24)29)17-25-27(33)31(19(2)21-10-6-4-7-11-21)28(36-25)30-22-12-8-5-9-13-22/h4-17,19H,3,18H2,1-2H3/b25-17+,30-28?/t19-/m0/s1. The van der Waals surface area contributed by atoms with Gasteiger partial charge in [-0.25, -0.2) is 9.79 Å². The summed E-state index contributed by atoms with van der Waals surface area (Å²) < 4.78 is 11.1. The number of thioether (sulfide) groups is 1. The fourth-order valence-electron chi connectivity index (χ4n) is 3.61. The predicted octanol–water partition coefficient (Wildman–Crippen LogP) is 6.76. The zero-order chi connectivity index (χ0) is 25.5. The van der Waals surface area contributed by atoms with E-state index in [1.54, 1.807) is 17.9 Å². The van der Waals surface area contributed by atoms with Crippen molar-refractivity contribution < 1.29 is 19.1 Å². The molecule has 0 bridgehead atoms. The SMILES string of the molecule is CCOC(=O)COc1ccc(/C=C2/SC(=Nc3ccccc3)N([C@@H](C)c3ccccc3)C2=O)cc1Br. The Balaban J connectivity index is 1.61. The molecule has 0 radical (unpaired) electrons. The Hall–Kier alpha value is -3.36. The van der Waals surface area contributed by atoms with E-state index in [0.29, 0.717) is 26.9 Å². The summed E-state index contributed by atoms with van der Waals surface area (Å²) in [7, 11) is 0. The second-order valence-corrected chi connectivity index (χ2v) is 9.75. The summed E-state index contributed by atoms with van der Waals surface area (Å²) in [6, 6.07) is 24.8. The molecule has 1 heterocycles. The van der Waals surface area contributed by atoms with Crippen LogP contribution in [0.5, 0.6) is 5.75 Å². The summed E-state index contributed by atoms with van der Waals surface area (Å²) in [6.45, 7) is 3.88. The average molecular weight is 565 g/mol. The molecule has 0 spiro atoms. The molecule has 8 heteroatoms. The number of aliphatic imine (C=N–C) groups is 1. The fraction of sp³-hybridized carbons (Fsp3) is 0.179. The van der Waals surface area contributed by atoms with Crippen molar-refractivity contribution in [3.63, 3.8) is 0 Å². The summed E-state index contributed by atoms with van der Waals surface area (Å²) in [5, 5.41) is 0.627. The highest BCUT2D eigenvalue weighted by Crippen LogP contribution is 2.39. The molecule has 1 atom stereocenters. The van der Waals surface area contributed by atoms with Crippen LogP contribution >= 0.6 is 27.7 Å². The normalized spacial score (nSPS) is 16.4. The van der Waals surface area contributed by atoms with E-state index in [1.165, 1.54) is 11.8 Å². The third kappa shape index (κ3) is 6.25. The highest BCUT2D eigenvalue weighted by molar-refractivity contribution is 9.10. The zero-order valence-corrected chi connectivity index (χ0v) is 22.3. The maximum Gasteiger partial charge on any atom is 0.344 e. The molecule has 3 aromatic carbocycles. The Labute approximate surface area is 223 Å². The van der Waals surface area contributed by atoms with E-state index in [4.69, 9.17) is 14.5 Å². The first kappa shape index (κ1) is 25.7. The van der Waals surface area contributed by atoms with Crippen molar-refractivity contribution in [2.24, 2.45) is 4.99 Å². The molecular weight excluding hydrogens is 540 g/mol. The number of hydrogen-bond acceptors (Lipinski definition) is 6. The quantitative estimate of drug-likeness (QED) is 0.223.